The molecule has 6 aromatic rings. The van der Waals surface area contributed by atoms with Gasteiger partial charge >= 0.3 is 0 Å². The summed E-state index contributed by atoms with van der Waals surface area (Å²) in [4.78, 5) is 37.3. The fourth-order valence-corrected chi connectivity index (χ4v) is 4.83. The zero-order valence-corrected chi connectivity index (χ0v) is 22.6. The van der Waals surface area contributed by atoms with Crippen LogP contribution in [0.1, 0.15) is 36.7 Å². The third kappa shape index (κ3) is 4.64. The summed E-state index contributed by atoms with van der Waals surface area (Å²) in [6.07, 6.45) is 0. The summed E-state index contributed by atoms with van der Waals surface area (Å²) in [5.74, 6) is -0.0679. The predicted octanol–water partition coefficient (Wildman–Crippen LogP) is 6.96. The Bertz CT molecular complexity index is 1940. The van der Waals surface area contributed by atoms with E-state index in [-0.39, 0.29) is 11.0 Å². The number of nitrogens with zero attached hydrogens (tertiary/aromatic N) is 3. The van der Waals surface area contributed by atoms with Gasteiger partial charge in [-0.1, -0.05) is 106 Å². The largest absolute Gasteiger partial charge is 0.280 e. The van der Waals surface area contributed by atoms with Crippen molar-refractivity contribution in [2.24, 2.45) is 0 Å². The first-order valence-corrected chi connectivity index (χ1v) is 13.2. The van der Waals surface area contributed by atoms with Gasteiger partial charge in [0, 0.05) is 16.5 Å². The number of benzene rings is 4. The van der Waals surface area contributed by atoms with E-state index in [2.05, 4.69) is 26.2 Å². The molecular weight excluding hydrogens is 496 g/mol. The van der Waals surface area contributed by atoms with Crippen LogP contribution < -0.4 is 11.0 Å². The zero-order chi connectivity index (χ0) is 27.9. The molecule has 0 saturated heterocycles. The molecule has 0 aliphatic carbocycles. The van der Waals surface area contributed by atoms with E-state index in [1.807, 2.05) is 84.9 Å². The van der Waals surface area contributed by atoms with Crippen LogP contribution in [0.3, 0.4) is 0 Å². The molecule has 6 rings (SSSR count). The van der Waals surface area contributed by atoms with Crippen LogP contribution in [0.4, 0.5) is 0 Å². The molecule has 1 amide bonds. The summed E-state index contributed by atoms with van der Waals surface area (Å²) in [5, 5.41) is 1.11. The second kappa shape index (κ2) is 9.89. The SMILES string of the molecule is CC(C)(C)c1ccc(-c2nc3ccccc3c(=O)n2NC(=O)c2cc(-c3ccccc3)nc3ccccc23)cc1. The van der Waals surface area contributed by atoms with E-state index in [0.29, 0.717) is 38.9 Å². The van der Waals surface area contributed by atoms with E-state index in [4.69, 9.17) is 9.97 Å². The molecule has 0 unspecified atom stereocenters. The van der Waals surface area contributed by atoms with Crippen molar-refractivity contribution in [1.29, 1.82) is 0 Å². The van der Waals surface area contributed by atoms with Gasteiger partial charge in [0.25, 0.3) is 11.5 Å². The topological polar surface area (TPSA) is 76.9 Å². The summed E-state index contributed by atoms with van der Waals surface area (Å²) in [6, 6.07) is 34.1. The lowest BCUT2D eigenvalue weighted by atomic mass is 9.86. The maximum absolute atomic E-state index is 13.9. The minimum atomic E-state index is -0.428. The average Bonchev–Trinajstić information content (AvgIpc) is 2.98. The Balaban J connectivity index is 1.50. The molecule has 1 N–H and O–H groups in total. The lowest BCUT2D eigenvalue weighted by Crippen LogP contribution is -2.35. The van der Waals surface area contributed by atoms with Gasteiger partial charge in [0.05, 0.1) is 27.7 Å². The highest BCUT2D eigenvalue weighted by atomic mass is 16.2. The molecule has 0 atom stereocenters. The molecule has 0 aliphatic rings. The summed E-state index contributed by atoms with van der Waals surface area (Å²) in [6.45, 7) is 6.44. The van der Waals surface area contributed by atoms with E-state index in [9.17, 15) is 9.59 Å². The number of carbonyl (C=O) groups excluding carboxylic acids is 1. The third-order valence-corrected chi connectivity index (χ3v) is 7.03. The van der Waals surface area contributed by atoms with Crippen molar-refractivity contribution in [3.63, 3.8) is 0 Å². The number of para-hydroxylation sites is 2. The molecule has 0 bridgehead atoms. The van der Waals surface area contributed by atoms with Crippen molar-refractivity contribution >= 4 is 27.7 Å². The van der Waals surface area contributed by atoms with Gasteiger partial charge in [0.2, 0.25) is 0 Å². The van der Waals surface area contributed by atoms with E-state index in [1.54, 1.807) is 24.3 Å². The lowest BCUT2D eigenvalue weighted by Gasteiger charge is -2.20. The van der Waals surface area contributed by atoms with E-state index < -0.39 is 5.91 Å². The zero-order valence-electron chi connectivity index (χ0n) is 22.6. The van der Waals surface area contributed by atoms with Crippen LogP contribution >= 0.6 is 0 Å². The number of carbonyl (C=O) groups is 1. The number of aromatic nitrogens is 3. The van der Waals surface area contributed by atoms with Crippen molar-refractivity contribution in [2.45, 2.75) is 26.2 Å². The highest BCUT2D eigenvalue weighted by Crippen LogP contribution is 2.27. The van der Waals surface area contributed by atoms with Crippen molar-refractivity contribution in [3.05, 3.63) is 131 Å². The first kappa shape index (κ1) is 25.2. The first-order chi connectivity index (χ1) is 19.3. The van der Waals surface area contributed by atoms with Crippen LogP contribution in [-0.2, 0) is 5.41 Å². The molecule has 4 aromatic carbocycles. The summed E-state index contributed by atoms with van der Waals surface area (Å²) < 4.78 is 1.26. The molecule has 0 aliphatic heterocycles. The molecule has 0 saturated carbocycles. The van der Waals surface area contributed by atoms with Gasteiger partial charge in [-0.25, -0.2) is 9.97 Å². The van der Waals surface area contributed by atoms with Gasteiger partial charge in [-0.15, -0.1) is 0 Å². The van der Waals surface area contributed by atoms with Gasteiger partial charge in [0.1, 0.15) is 0 Å². The maximum Gasteiger partial charge on any atom is 0.280 e. The Morgan fingerprint density at radius 1 is 0.700 bits per heavy atom. The fourth-order valence-electron chi connectivity index (χ4n) is 4.83. The van der Waals surface area contributed by atoms with Crippen LogP contribution in [0.15, 0.2) is 114 Å². The number of hydrogen-bond acceptors (Lipinski definition) is 4. The van der Waals surface area contributed by atoms with Crippen LogP contribution in [0.5, 0.6) is 0 Å². The van der Waals surface area contributed by atoms with Crippen molar-refractivity contribution in [1.82, 2.24) is 14.6 Å². The quantitative estimate of drug-likeness (QED) is 0.270. The number of hydrogen-bond donors (Lipinski definition) is 1. The van der Waals surface area contributed by atoms with E-state index in [1.165, 1.54) is 4.68 Å². The van der Waals surface area contributed by atoms with Crippen LogP contribution in [0, 0.1) is 0 Å². The van der Waals surface area contributed by atoms with Crippen molar-refractivity contribution in [3.8, 4) is 22.6 Å². The predicted molar refractivity (Wildman–Crippen MR) is 161 cm³/mol. The molecule has 0 spiro atoms. The molecule has 2 aromatic heterocycles. The molecule has 6 nitrogen and oxygen atoms in total. The summed E-state index contributed by atoms with van der Waals surface area (Å²) in [5.41, 5.74) is 7.62. The number of rotatable bonds is 4. The highest BCUT2D eigenvalue weighted by molar-refractivity contribution is 6.10. The van der Waals surface area contributed by atoms with Gasteiger partial charge in [0.15, 0.2) is 5.82 Å². The highest BCUT2D eigenvalue weighted by Gasteiger charge is 2.20. The Hall–Kier alpha value is -5.10. The Morgan fingerprint density at radius 2 is 1.30 bits per heavy atom. The Labute approximate surface area is 232 Å². The normalized spacial score (nSPS) is 11.6. The number of pyridine rings is 1. The van der Waals surface area contributed by atoms with Crippen molar-refractivity contribution < 1.29 is 4.79 Å². The molecule has 2 heterocycles. The van der Waals surface area contributed by atoms with Crippen molar-refractivity contribution in [2.75, 3.05) is 5.43 Å². The minimum absolute atomic E-state index is 0.0257. The van der Waals surface area contributed by atoms with E-state index >= 15 is 0 Å². The standard InChI is InChI=1S/C34H28N4O2/c1-34(2,3)24-19-17-23(18-20-24)31-36-29-16-10-8-14-26(29)33(40)38(31)37-32(39)27-21-30(22-11-5-4-6-12-22)35-28-15-9-7-13-25(27)28/h4-21H,1-3H3,(H,37,39). The number of fused-ring (bicyclic) bond motifs is 2. The molecule has 6 heteroatoms. The molecule has 0 radical (unpaired) electrons. The van der Waals surface area contributed by atoms with Gasteiger partial charge < -0.3 is 0 Å². The second-order valence-electron chi connectivity index (χ2n) is 10.8. The molecule has 40 heavy (non-hydrogen) atoms. The van der Waals surface area contributed by atoms with Gasteiger partial charge in [-0.2, -0.15) is 4.68 Å². The molecule has 0 fully saturated rings. The van der Waals surface area contributed by atoms with Crippen LogP contribution in [-0.4, -0.2) is 20.6 Å². The third-order valence-electron chi connectivity index (χ3n) is 7.03. The van der Waals surface area contributed by atoms with Crippen LogP contribution in [0.2, 0.25) is 0 Å². The Kier molecular flexibility index (Phi) is 6.23. The summed E-state index contributed by atoms with van der Waals surface area (Å²) >= 11 is 0. The minimum Gasteiger partial charge on any atom is -0.267 e. The average molecular weight is 525 g/mol. The number of amides is 1. The summed E-state index contributed by atoms with van der Waals surface area (Å²) in [7, 11) is 0. The maximum atomic E-state index is 13.9. The van der Waals surface area contributed by atoms with Gasteiger partial charge in [-0.3, -0.25) is 15.0 Å². The van der Waals surface area contributed by atoms with E-state index in [0.717, 1.165) is 16.7 Å². The molecule has 196 valence electrons. The molecular formula is C34H28N4O2. The smallest absolute Gasteiger partial charge is 0.267 e. The Morgan fingerprint density at radius 3 is 1.98 bits per heavy atom. The monoisotopic (exact) mass is 524 g/mol. The number of nitrogens with one attached hydrogen (secondary N) is 1. The first-order valence-electron chi connectivity index (χ1n) is 13.2. The van der Waals surface area contributed by atoms with Crippen LogP contribution in [0.25, 0.3) is 44.5 Å². The lowest BCUT2D eigenvalue weighted by molar-refractivity contribution is 0.101. The van der Waals surface area contributed by atoms with Gasteiger partial charge in [-0.05, 0) is 35.2 Å². The fraction of sp³-hybridized carbons (Fsp3) is 0.118. The second-order valence-corrected chi connectivity index (χ2v) is 10.8.